The van der Waals surface area contributed by atoms with E-state index in [1.807, 2.05) is 74.4 Å². The quantitative estimate of drug-likeness (QED) is 0.858. The minimum atomic E-state index is -0.638. The fourth-order valence-corrected chi connectivity index (χ4v) is 2.86. The molecule has 1 amide bonds. The van der Waals surface area contributed by atoms with Gasteiger partial charge in [-0.15, -0.1) is 0 Å². The van der Waals surface area contributed by atoms with Crippen molar-refractivity contribution in [2.45, 2.75) is 25.7 Å². The van der Waals surface area contributed by atoms with Gasteiger partial charge in [-0.3, -0.25) is 4.79 Å². The van der Waals surface area contributed by atoms with E-state index in [0.717, 1.165) is 11.3 Å². The number of ether oxygens (including phenoxy) is 2. The van der Waals surface area contributed by atoms with Crippen molar-refractivity contribution >= 4 is 11.6 Å². The first-order valence-corrected chi connectivity index (χ1v) is 8.39. The highest BCUT2D eigenvalue weighted by Gasteiger charge is 2.35. The third-order valence-electron chi connectivity index (χ3n) is 4.33. The molecule has 2 atom stereocenters. The maximum Gasteiger partial charge on any atom is 0.267 e. The largest absolute Gasteiger partial charge is 0.482 e. The Morgan fingerprint density at radius 1 is 0.960 bits per heavy atom. The number of benzene rings is 2. The number of para-hydroxylation sites is 2. The lowest BCUT2D eigenvalue weighted by atomic mass is 10.1. The van der Waals surface area contributed by atoms with Crippen LogP contribution in [-0.4, -0.2) is 44.2 Å². The van der Waals surface area contributed by atoms with Crippen LogP contribution in [0.5, 0.6) is 11.5 Å². The second-order valence-electron chi connectivity index (χ2n) is 6.56. The first-order chi connectivity index (χ1) is 12.0. The third kappa shape index (κ3) is 3.71. The van der Waals surface area contributed by atoms with Gasteiger partial charge in [0, 0.05) is 33.4 Å². The van der Waals surface area contributed by atoms with Crippen molar-refractivity contribution in [3.05, 3.63) is 54.1 Å². The van der Waals surface area contributed by atoms with Crippen molar-refractivity contribution in [3.63, 3.8) is 0 Å². The second kappa shape index (κ2) is 7.05. The standard InChI is InChI=1S/C20H24N2O3/c1-14-19(25-18-8-6-5-7-17(18)24-14)20(23)22(4)13-15-9-11-16(12-10-15)21(2)3/h5-12,14,19H,13H2,1-4H3/t14-,19-/m0/s1. The van der Waals surface area contributed by atoms with E-state index >= 15 is 0 Å². The summed E-state index contributed by atoms with van der Waals surface area (Å²) >= 11 is 0. The van der Waals surface area contributed by atoms with Crippen LogP contribution in [0.15, 0.2) is 48.5 Å². The molecule has 0 unspecified atom stereocenters. The van der Waals surface area contributed by atoms with E-state index in [4.69, 9.17) is 9.47 Å². The van der Waals surface area contributed by atoms with Gasteiger partial charge in [-0.05, 0) is 36.8 Å². The summed E-state index contributed by atoms with van der Waals surface area (Å²) in [5.74, 6) is 1.21. The van der Waals surface area contributed by atoms with Gasteiger partial charge in [0.25, 0.3) is 5.91 Å². The molecule has 3 rings (SSSR count). The third-order valence-corrected chi connectivity index (χ3v) is 4.33. The number of likely N-dealkylation sites (N-methyl/N-ethyl adjacent to an activating group) is 1. The molecule has 1 aliphatic heterocycles. The lowest BCUT2D eigenvalue weighted by Gasteiger charge is -2.33. The summed E-state index contributed by atoms with van der Waals surface area (Å²) in [6.07, 6.45) is -0.970. The van der Waals surface area contributed by atoms with Crippen molar-refractivity contribution in [1.82, 2.24) is 4.90 Å². The van der Waals surface area contributed by atoms with E-state index in [2.05, 4.69) is 0 Å². The van der Waals surface area contributed by atoms with Crippen LogP contribution >= 0.6 is 0 Å². The molecule has 0 radical (unpaired) electrons. The predicted molar refractivity (Wildman–Crippen MR) is 98.2 cm³/mol. The van der Waals surface area contributed by atoms with Gasteiger partial charge >= 0.3 is 0 Å². The Labute approximate surface area is 148 Å². The summed E-state index contributed by atoms with van der Waals surface area (Å²) in [7, 11) is 5.80. The zero-order valence-corrected chi connectivity index (χ0v) is 15.1. The number of anilines is 1. The van der Waals surface area contributed by atoms with Crippen LogP contribution in [0.1, 0.15) is 12.5 Å². The summed E-state index contributed by atoms with van der Waals surface area (Å²) in [6.45, 7) is 2.39. The molecular weight excluding hydrogens is 316 g/mol. The first-order valence-electron chi connectivity index (χ1n) is 8.39. The Bertz CT molecular complexity index is 743. The zero-order chi connectivity index (χ0) is 18.0. The Hall–Kier alpha value is -2.69. The fraction of sp³-hybridized carbons (Fsp3) is 0.350. The van der Waals surface area contributed by atoms with Crippen molar-refractivity contribution in [2.75, 3.05) is 26.0 Å². The summed E-state index contributed by atoms with van der Waals surface area (Å²) in [5, 5.41) is 0. The highest BCUT2D eigenvalue weighted by atomic mass is 16.6. The van der Waals surface area contributed by atoms with Gasteiger partial charge < -0.3 is 19.3 Å². The molecule has 0 aliphatic carbocycles. The average molecular weight is 340 g/mol. The molecule has 0 N–H and O–H groups in total. The highest BCUT2D eigenvalue weighted by molar-refractivity contribution is 5.82. The number of hydrogen-bond donors (Lipinski definition) is 0. The summed E-state index contributed by atoms with van der Waals surface area (Å²) in [4.78, 5) is 16.5. The number of fused-ring (bicyclic) bond motifs is 1. The fourth-order valence-electron chi connectivity index (χ4n) is 2.86. The Kier molecular flexibility index (Phi) is 4.83. The van der Waals surface area contributed by atoms with Crippen molar-refractivity contribution in [2.24, 2.45) is 0 Å². The summed E-state index contributed by atoms with van der Waals surface area (Å²) in [6, 6.07) is 15.6. The van der Waals surface area contributed by atoms with Gasteiger partial charge in [-0.1, -0.05) is 24.3 Å². The van der Waals surface area contributed by atoms with Crippen molar-refractivity contribution in [1.29, 1.82) is 0 Å². The number of rotatable bonds is 4. The molecule has 132 valence electrons. The molecule has 25 heavy (non-hydrogen) atoms. The van der Waals surface area contributed by atoms with Crippen LogP contribution < -0.4 is 14.4 Å². The van der Waals surface area contributed by atoms with Crippen LogP contribution in [0.25, 0.3) is 0 Å². The molecule has 0 aromatic heterocycles. The Morgan fingerprint density at radius 3 is 2.16 bits per heavy atom. The second-order valence-corrected chi connectivity index (χ2v) is 6.56. The maximum atomic E-state index is 12.8. The van der Waals surface area contributed by atoms with E-state index in [9.17, 15) is 4.79 Å². The first kappa shape index (κ1) is 17.1. The Morgan fingerprint density at radius 2 is 1.56 bits per heavy atom. The number of amides is 1. The van der Waals surface area contributed by atoms with E-state index in [-0.39, 0.29) is 12.0 Å². The zero-order valence-electron chi connectivity index (χ0n) is 15.1. The molecular formula is C20H24N2O3. The molecule has 0 saturated heterocycles. The summed E-state index contributed by atoms with van der Waals surface area (Å²) in [5.41, 5.74) is 2.21. The highest BCUT2D eigenvalue weighted by Crippen LogP contribution is 2.33. The van der Waals surface area contributed by atoms with Gasteiger partial charge in [-0.25, -0.2) is 0 Å². The molecule has 5 nitrogen and oxygen atoms in total. The van der Waals surface area contributed by atoms with Gasteiger partial charge in [0.1, 0.15) is 6.10 Å². The number of carbonyl (C=O) groups is 1. The lowest BCUT2D eigenvalue weighted by molar-refractivity contribution is -0.143. The van der Waals surface area contributed by atoms with Crippen LogP contribution in [0.2, 0.25) is 0 Å². The molecule has 0 spiro atoms. The lowest BCUT2D eigenvalue weighted by Crippen LogP contribution is -2.49. The topological polar surface area (TPSA) is 42.0 Å². The predicted octanol–water partition coefficient (Wildman–Crippen LogP) is 2.94. The van der Waals surface area contributed by atoms with E-state index in [1.165, 1.54) is 0 Å². The van der Waals surface area contributed by atoms with Crippen LogP contribution in [0.3, 0.4) is 0 Å². The average Bonchev–Trinajstić information content (AvgIpc) is 2.61. The molecule has 2 aromatic carbocycles. The van der Waals surface area contributed by atoms with Crippen molar-refractivity contribution < 1.29 is 14.3 Å². The van der Waals surface area contributed by atoms with Crippen LogP contribution in [-0.2, 0) is 11.3 Å². The molecule has 1 aliphatic rings. The minimum absolute atomic E-state index is 0.0845. The van der Waals surface area contributed by atoms with E-state index in [1.54, 1.807) is 11.9 Å². The van der Waals surface area contributed by atoms with Gasteiger partial charge in [0.05, 0.1) is 0 Å². The van der Waals surface area contributed by atoms with Crippen LogP contribution in [0, 0.1) is 0 Å². The Balaban J connectivity index is 1.68. The smallest absolute Gasteiger partial charge is 0.267 e. The molecule has 5 heteroatoms. The number of hydrogen-bond acceptors (Lipinski definition) is 4. The summed E-state index contributed by atoms with van der Waals surface area (Å²) < 4.78 is 11.7. The van der Waals surface area contributed by atoms with E-state index in [0.29, 0.717) is 18.0 Å². The van der Waals surface area contributed by atoms with Gasteiger partial charge in [0.15, 0.2) is 11.5 Å². The molecule has 1 heterocycles. The molecule has 0 fully saturated rings. The van der Waals surface area contributed by atoms with Crippen molar-refractivity contribution in [3.8, 4) is 11.5 Å². The monoisotopic (exact) mass is 340 g/mol. The normalized spacial score (nSPS) is 18.6. The molecule has 0 bridgehead atoms. The van der Waals surface area contributed by atoms with E-state index < -0.39 is 6.10 Å². The molecule has 0 saturated carbocycles. The minimum Gasteiger partial charge on any atom is -0.482 e. The SMILES string of the molecule is C[C@@H]1Oc2ccccc2O[C@@H]1C(=O)N(C)Cc1ccc(N(C)C)cc1. The van der Waals surface area contributed by atoms with Gasteiger partial charge in [-0.2, -0.15) is 0 Å². The van der Waals surface area contributed by atoms with Crippen LogP contribution in [0.4, 0.5) is 5.69 Å². The molecule has 2 aromatic rings. The maximum absolute atomic E-state index is 12.8. The number of carbonyl (C=O) groups excluding carboxylic acids is 1. The number of nitrogens with zero attached hydrogens (tertiary/aromatic N) is 2. The van der Waals surface area contributed by atoms with Gasteiger partial charge in [0.2, 0.25) is 6.10 Å².